The smallest absolute Gasteiger partial charge is 0.0448 e. The number of rotatable bonds is 3. The average Bonchev–Trinajstić information content (AvgIpc) is 2.99. The third-order valence-corrected chi connectivity index (χ3v) is 4.91. The summed E-state index contributed by atoms with van der Waals surface area (Å²) in [6.07, 6.45) is 13.5. The van der Waals surface area contributed by atoms with Crippen LogP contribution in [-0.2, 0) is 0 Å². The third kappa shape index (κ3) is 2.05. The SMILES string of the molecule is NNC(C1=CCCCCC1)C1CC2CC2C1. The Labute approximate surface area is 98.6 Å². The Morgan fingerprint density at radius 3 is 2.69 bits per heavy atom. The highest BCUT2D eigenvalue weighted by molar-refractivity contribution is 5.16. The first-order valence-corrected chi connectivity index (χ1v) is 7.03. The number of hydrogen-bond acceptors (Lipinski definition) is 2. The van der Waals surface area contributed by atoms with Gasteiger partial charge in [0.05, 0.1) is 0 Å². The molecule has 0 heterocycles. The van der Waals surface area contributed by atoms with Crippen LogP contribution in [0.5, 0.6) is 0 Å². The summed E-state index contributed by atoms with van der Waals surface area (Å²) in [6.45, 7) is 0. The third-order valence-electron chi connectivity index (χ3n) is 4.91. The first-order chi connectivity index (χ1) is 7.88. The maximum atomic E-state index is 5.80. The van der Waals surface area contributed by atoms with Gasteiger partial charge in [0.15, 0.2) is 0 Å². The Hall–Kier alpha value is -0.340. The zero-order valence-corrected chi connectivity index (χ0v) is 10.1. The second-order valence-corrected chi connectivity index (χ2v) is 6.01. The molecule has 2 saturated carbocycles. The topological polar surface area (TPSA) is 38.0 Å². The molecule has 3 rings (SSSR count). The lowest BCUT2D eigenvalue weighted by molar-refractivity contribution is 0.367. The Kier molecular flexibility index (Phi) is 3.03. The van der Waals surface area contributed by atoms with Crippen LogP contribution in [0.1, 0.15) is 51.4 Å². The van der Waals surface area contributed by atoms with Crippen LogP contribution in [0.3, 0.4) is 0 Å². The number of nitrogens with one attached hydrogen (secondary N) is 1. The van der Waals surface area contributed by atoms with Crippen molar-refractivity contribution in [2.75, 3.05) is 0 Å². The molecule has 0 aliphatic heterocycles. The summed E-state index contributed by atoms with van der Waals surface area (Å²) in [7, 11) is 0. The fourth-order valence-corrected chi connectivity index (χ4v) is 3.90. The molecule has 0 bridgehead atoms. The van der Waals surface area contributed by atoms with Crippen molar-refractivity contribution >= 4 is 0 Å². The van der Waals surface area contributed by atoms with Gasteiger partial charge in [-0.25, -0.2) is 0 Å². The van der Waals surface area contributed by atoms with Crippen LogP contribution in [-0.4, -0.2) is 6.04 Å². The zero-order chi connectivity index (χ0) is 11.0. The van der Waals surface area contributed by atoms with Crippen molar-refractivity contribution in [1.29, 1.82) is 0 Å². The van der Waals surface area contributed by atoms with Crippen LogP contribution in [0.25, 0.3) is 0 Å². The zero-order valence-electron chi connectivity index (χ0n) is 10.1. The van der Waals surface area contributed by atoms with Crippen molar-refractivity contribution in [2.24, 2.45) is 23.6 Å². The van der Waals surface area contributed by atoms with E-state index in [-0.39, 0.29) is 0 Å². The standard InChI is InChI=1S/C14H24N2/c15-16-14(10-5-3-1-2-4-6-10)13-8-11-7-12(11)9-13/h5,11-14,16H,1-4,6-9,15H2. The van der Waals surface area contributed by atoms with Gasteiger partial charge in [-0.2, -0.15) is 0 Å². The Morgan fingerprint density at radius 2 is 1.94 bits per heavy atom. The van der Waals surface area contributed by atoms with Crippen LogP contribution in [0.2, 0.25) is 0 Å². The minimum absolute atomic E-state index is 0.492. The minimum atomic E-state index is 0.492. The number of nitrogens with two attached hydrogens (primary N) is 1. The van der Waals surface area contributed by atoms with Crippen molar-refractivity contribution in [1.82, 2.24) is 5.43 Å². The summed E-state index contributed by atoms with van der Waals surface area (Å²) < 4.78 is 0. The second kappa shape index (κ2) is 4.50. The van der Waals surface area contributed by atoms with Crippen LogP contribution >= 0.6 is 0 Å². The first-order valence-electron chi connectivity index (χ1n) is 7.03. The lowest BCUT2D eigenvalue weighted by Crippen LogP contribution is -2.42. The summed E-state index contributed by atoms with van der Waals surface area (Å²) in [5.74, 6) is 8.76. The van der Waals surface area contributed by atoms with E-state index in [1.165, 1.54) is 51.4 Å². The minimum Gasteiger partial charge on any atom is -0.271 e. The van der Waals surface area contributed by atoms with Gasteiger partial charge in [-0.3, -0.25) is 11.3 Å². The van der Waals surface area contributed by atoms with Crippen LogP contribution in [0, 0.1) is 17.8 Å². The molecule has 3 N–H and O–H groups in total. The largest absolute Gasteiger partial charge is 0.271 e. The highest BCUT2D eigenvalue weighted by Crippen LogP contribution is 2.55. The molecule has 0 saturated heterocycles. The highest BCUT2D eigenvalue weighted by atomic mass is 15.2. The molecular weight excluding hydrogens is 196 g/mol. The Morgan fingerprint density at radius 1 is 1.12 bits per heavy atom. The maximum Gasteiger partial charge on any atom is 0.0448 e. The predicted octanol–water partition coefficient (Wildman–Crippen LogP) is 2.75. The number of hydrazine groups is 1. The van der Waals surface area contributed by atoms with E-state index >= 15 is 0 Å². The molecule has 0 aromatic heterocycles. The molecule has 16 heavy (non-hydrogen) atoms. The van der Waals surface area contributed by atoms with Crippen molar-refractivity contribution < 1.29 is 0 Å². The molecule has 3 unspecified atom stereocenters. The molecule has 0 aromatic rings. The van der Waals surface area contributed by atoms with Crippen LogP contribution < -0.4 is 11.3 Å². The summed E-state index contributed by atoms with van der Waals surface area (Å²) >= 11 is 0. The quantitative estimate of drug-likeness (QED) is 0.436. The fourth-order valence-electron chi connectivity index (χ4n) is 3.90. The molecule has 2 nitrogen and oxygen atoms in total. The van der Waals surface area contributed by atoms with Crippen LogP contribution in [0.15, 0.2) is 11.6 Å². The number of hydrogen-bond donors (Lipinski definition) is 2. The molecule has 2 heteroatoms. The lowest BCUT2D eigenvalue weighted by Gasteiger charge is -2.26. The molecule has 90 valence electrons. The second-order valence-electron chi connectivity index (χ2n) is 6.01. The molecule has 0 amide bonds. The van der Waals surface area contributed by atoms with Gasteiger partial charge in [-0.15, -0.1) is 0 Å². The van der Waals surface area contributed by atoms with Gasteiger partial charge in [-0.05, 0) is 62.7 Å². The average molecular weight is 220 g/mol. The van der Waals surface area contributed by atoms with Crippen LogP contribution in [0.4, 0.5) is 0 Å². The van der Waals surface area contributed by atoms with E-state index < -0.39 is 0 Å². The van der Waals surface area contributed by atoms with E-state index in [1.807, 2.05) is 0 Å². The van der Waals surface area contributed by atoms with Gasteiger partial charge in [0.1, 0.15) is 0 Å². The maximum absolute atomic E-state index is 5.80. The van der Waals surface area contributed by atoms with E-state index in [2.05, 4.69) is 11.5 Å². The van der Waals surface area contributed by atoms with Gasteiger partial charge < -0.3 is 0 Å². The van der Waals surface area contributed by atoms with Gasteiger partial charge in [0, 0.05) is 6.04 Å². The van der Waals surface area contributed by atoms with E-state index in [0.717, 1.165) is 17.8 Å². The molecule has 2 fully saturated rings. The van der Waals surface area contributed by atoms with Gasteiger partial charge in [-0.1, -0.05) is 18.1 Å². The van der Waals surface area contributed by atoms with E-state index in [4.69, 9.17) is 5.84 Å². The number of fused-ring (bicyclic) bond motifs is 1. The van der Waals surface area contributed by atoms with Gasteiger partial charge >= 0.3 is 0 Å². The Bertz CT molecular complexity index is 274. The normalized spacial score (nSPS) is 39.8. The van der Waals surface area contributed by atoms with E-state index in [0.29, 0.717) is 6.04 Å². The molecule has 0 spiro atoms. The van der Waals surface area contributed by atoms with Crippen molar-refractivity contribution in [3.63, 3.8) is 0 Å². The van der Waals surface area contributed by atoms with Crippen molar-refractivity contribution in [3.05, 3.63) is 11.6 Å². The monoisotopic (exact) mass is 220 g/mol. The molecule has 0 radical (unpaired) electrons. The summed E-state index contributed by atoms with van der Waals surface area (Å²) in [5.41, 5.74) is 4.73. The van der Waals surface area contributed by atoms with Crippen molar-refractivity contribution in [2.45, 2.75) is 57.4 Å². The first kappa shape index (κ1) is 10.8. The molecular formula is C14H24N2. The molecule has 3 aliphatic carbocycles. The molecule has 0 aromatic carbocycles. The fraction of sp³-hybridized carbons (Fsp3) is 0.857. The summed E-state index contributed by atoms with van der Waals surface area (Å²) in [5, 5.41) is 0. The lowest BCUT2D eigenvalue weighted by atomic mass is 9.87. The molecule has 3 aliphatic rings. The van der Waals surface area contributed by atoms with Gasteiger partial charge in [0.25, 0.3) is 0 Å². The summed E-state index contributed by atoms with van der Waals surface area (Å²) in [6, 6.07) is 0.492. The predicted molar refractivity (Wildman–Crippen MR) is 66.6 cm³/mol. The van der Waals surface area contributed by atoms with E-state index in [1.54, 1.807) is 5.57 Å². The highest BCUT2D eigenvalue weighted by Gasteiger charge is 2.48. The van der Waals surface area contributed by atoms with Gasteiger partial charge in [0.2, 0.25) is 0 Å². The molecule has 3 atom stereocenters. The Balaban J connectivity index is 1.66. The van der Waals surface area contributed by atoms with E-state index in [9.17, 15) is 0 Å². The summed E-state index contributed by atoms with van der Waals surface area (Å²) in [4.78, 5) is 0. The van der Waals surface area contributed by atoms with Crippen molar-refractivity contribution in [3.8, 4) is 0 Å². The number of allylic oxidation sites excluding steroid dienone is 1.